The van der Waals surface area contributed by atoms with E-state index in [0.717, 1.165) is 21.5 Å². The Morgan fingerprint density at radius 1 is 1.08 bits per heavy atom. The third-order valence-corrected chi connectivity index (χ3v) is 4.12. The van der Waals surface area contributed by atoms with Crippen molar-refractivity contribution in [3.63, 3.8) is 0 Å². The molecule has 0 atom stereocenters. The average Bonchev–Trinajstić information content (AvgIpc) is 2.52. The van der Waals surface area contributed by atoms with Crippen LogP contribution in [-0.4, -0.2) is 19.2 Å². The molecular weight excluding hydrogens is 368 g/mol. The largest absolute Gasteiger partial charge is 0.491 e. The van der Waals surface area contributed by atoms with Gasteiger partial charge in [-0.2, -0.15) is 0 Å². The molecule has 0 aliphatic carbocycles. The van der Waals surface area contributed by atoms with Gasteiger partial charge >= 0.3 is 6.03 Å². The molecule has 2 N–H and O–H groups in total. The Morgan fingerprint density at radius 2 is 1.75 bits per heavy atom. The molecule has 0 saturated heterocycles. The molecule has 5 heteroatoms. The highest BCUT2D eigenvalue weighted by Gasteiger charge is 2.18. The number of anilines is 1. The summed E-state index contributed by atoms with van der Waals surface area (Å²) < 4.78 is 6.52. The van der Waals surface area contributed by atoms with Crippen molar-refractivity contribution in [3.05, 3.63) is 58.6 Å². The van der Waals surface area contributed by atoms with Crippen LogP contribution in [0.15, 0.2) is 53.0 Å². The van der Waals surface area contributed by atoms with E-state index in [1.165, 1.54) is 0 Å². The first-order valence-corrected chi connectivity index (χ1v) is 8.69. The van der Waals surface area contributed by atoms with Gasteiger partial charge in [0.2, 0.25) is 0 Å². The van der Waals surface area contributed by atoms with Crippen molar-refractivity contribution < 1.29 is 9.53 Å². The van der Waals surface area contributed by atoms with Crippen LogP contribution in [0.5, 0.6) is 5.75 Å². The van der Waals surface area contributed by atoms with E-state index < -0.39 is 0 Å². The van der Waals surface area contributed by atoms with Gasteiger partial charge in [0.1, 0.15) is 12.4 Å². The summed E-state index contributed by atoms with van der Waals surface area (Å²) in [5, 5.41) is 5.72. The number of amides is 2. The van der Waals surface area contributed by atoms with Crippen molar-refractivity contribution in [3.8, 4) is 5.75 Å². The molecule has 0 aromatic heterocycles. The molecule has 0 saturated carbocycles. The lowest BCUT2D eigenvalue weighted by atomic mass is 9.86. The van der Waals surface area contributed by atoms with E-state index in [-0.39, 0.29) is 11.4 Å². The summed E-state index contributed by atoms with van der Waals surface area (Å²) in [6, 6.07) is 15.2. The van der Waals surface area contributed by atoms with Crippen LogP contribution < -0.4 is 15.4 Å². The molecule has 0 aliphatic rings. The highest BCUT2D eigenvalue weighted by Crippen LogP contribution is 2.29. The zero-order chi connectivity index (χ0) is 17.6. The van der Waals surface area contributed by atoms with E-state index in [1.807, 2.05) is 48.5 Å². The number of hydrogen-bond acceptors (Lipinski definition) is 2. The Morgan fingerprint density at radius 3 is 2.46 bits per heavy atom. The molecule has 2 rings (SSSR count). The fraction of sp³-hybridized carbons (Fsp3) is 0.316. The van der Waals surface area contributed by atoms with Crippen LogP contribution in [0.1, 0.15) is 26.3 Å². The van der Waals surface area contributed by atoms with Crippen molar-refractivity contribution in [2.75, 3.05) is 18.5 Å². The number of carbonyl (C=O) groups excluding carboxylic acids is 1. The number of nitrogens with one attached hydrogen (secondary N) is 2. The van der Waals surface area contributed by atoms with Crippen LogP contribution in [0.2, 0.25) is 0 Å². The van der Waals surface area contributed by atoms with Crippen molar-refractivity contribution >= 4 is 27.6 Å². The minimum Gasteiger partial charge on any atom is -0.491 e. The Hall–Kier alpha value is -2.01. The van der Waals surface area contributed by atoms with Gasteiger partial charge in [-0.1, -0.05) is 51.1 Å². The second kappa shape index (κ2) is 8.20. The van der Waals surface area contributed by atoms with Gasteiger partial charge < -0.3 is 15.4 Å². The minimum atomic E-state index is -0.234. The summed E-state index contributed by atoms with van der Waals surface area (Å²) in [5.41, 5.74) is 1.89. The van der Waals surface area contributed by atoms with E-state index in [0.29, 0.717) is 13.2 Å². The lowest BCUT2D eigenvalue weighted by Gasteiger charge is -2.23. The lowest BCUT2D eigenvalue weighted by Crippen LogP contribution is -2.33. The van der Waals surface area contributed by atoms with Crippen molar-refractivity contribution in [2.24, 2.45) is 0 Å². The van der Waals surface area contributed by atoms with Gasteiger partial charge in [-0.15, -0.1) is 0 Å². The summed E-state index contributed by atoms with van der Waals surface area (Å²) in [6.07, 6.45) is 0. The van der Waals surface area contributed by atoms with Gasteiger partial charge in [0.05, 0.1) is 11.0 Å². The van der Waals surface area contributed by atoms with Crippen LogP contribution in [0.4, 0.5) is 10.5 Å². The van der Waals surface area contributed by atoms with Crippen LogP contribution in [-0.2, 0) is 5.41 Å². The smallest absolute Gasteiger partial charge is 0.319 e. The Labute approximate surface area is 151 Å². The summed E-state index contributed by atoms with van der Waals surface area (Å²) >= 11 is 3.42. The molecule has 0 aliphatic heterocycles. The zero-order valence-electron chi connectivity index (χ0n) is 14.2. The van der Waals surface area contributed by atoms with Crippen molar-refractivity contribution in [1.82, 2.24) is 5.32 Å². The number of hydrogen-bond donors (Lipinski definition) is 2. The van der Waals surface area contributed by atoms with Crippen LogP contribution in [0.25, 0.3) is 0 Å². The van der Waals surface area contributed by atoms with Gasteiger partial charge in [0, 0.05) is 5.69 Å². The van der Waals surface area contributed by atoms with E-state index >= 15 is 0 Å². The summed E-state index contributed by atoms with van der Waals surface area (Å²) in [6.45, 7) is 7.19. The third kappa shape index (κ3) is 5.27. The SMILES string of the molecule is CC(C)(C)c1ccccc1NC(=O)NCCOc1ccccc1Br. The molecule has 0 radical (unpaired) electrons. The number of ether oxygens (including phenoxy) is 1. The number of benzene rings is 2. The summed E-state index contributed by atoms with van der Waals surface area (Å²) in [5.74, 6) is 0.762. The van der Waals surface area contributed by atoms with Gasteiger partial charge in [0.15, 0.2) is 0 Å². The molecule has 2 aromatic rings. The minimum absolute atomic E-state index is 0.0351. The molecule has 0 fully saturated rings. The maximum atomic E-state index is 12.1. The zero-order valence-corrected chi connectivity index (χ0v) is 15.8. The van der Waals surface area contributed by atoms with Gasteiger partial charge in [-0.25, -0.2) is 4.79 Å². The maximum Gasteiger partial charge on any atom is 0.319 e. The predicted molar refractivity (Wildman–Crippen MR) is 102 cm³/mol. The number of halogens is 1. The molecule has 128 valence electrons. The predicted octanol–water partition coefficient (Wildman–Crippen LogP) is 4.95. The second-order valence-corrected chi connectivity index (χ2v) is 7.31. The maximum absolute atomic E-state index is 12.1. The van der Waals surface area contributed by atoms with E-state index in [4.69, 9.17) is 4.74 Å². The molecular formula is C19H23BrN2O2. The highest BCUT2D eigenvalue weighted by atomic mass is 79.9. The van der Waals surface area contributed by atoms with Crippen molar-refractivity contribution in [1.29, 1.82) is 0 Å². The van der Waals surface area contributed by atoms with Gasteiger partial charge in [-0.05, 0) is 45.1 Å². The molecule has 2 aromatic carbocycles. The molecule has 0 unspecified atom stereocenters. The number of carbonyl (C=O) groups is 1. The molecule has 0 bridgehead atoms. The summed E-state index contributed by atoms with van der Waals surface area (Å²) in [4.78, 5) is 12.1. The fourth-order valence-electron chi connectivity index (χ4n) is 2.30. The van der Waals surface area contributed by atoms with E-state index in [9.17, 15) is 4.79 Å². The third-order valence-electron chi connectivity index (χ3n) is 3.47. The Balaban J connectivity index is 1.83. The fourth-order valence-corrected chi connectivity index (χ4v) is 2.70. The molecule has 24 heavy (non-hydrogen) atoms. The first kappa shape index (κ1) is 18.3. The quantitative estimate of drug-likeness (QED) is 0.709. The number of urea groups is 1. The Kier molecular flexibility index (Phi) is 6.26. The normalized spacial score (nSPS) is 11.0. The first-order valence-electron chi connectivity index (χ1n) is 7.89. The monoisotopic (exact) mass is 390 g/mol. The first-order chi connectivity index (χ1) is 11.4. The van der Waals surface area contributed by atoms with Crippen LogP contribution in [0, 0.1) is 0 Å². The molecule has 0 spiro atoms. The van der Waals surface area contributed by atoms with Crippen LogP contribution >= 0.6 is 15.9 Å². The average molecular weight is 391 g/mol. The Bertz CT molecular complexity index is 696. The second-order valence-electron chi connectivity index (χ2n) is 6.46. The lowest BCUT2D eigenvalue weighted by molar-refractivity contribution is 0.247. The van der Waals surface area contributed by atoms with E-state index in [2.05, 4.69) is 47.3 Å². The van der Waals surface area contributed by atoms with Crippen molar-refractivity contribution in [2.45, 2.75) is 26.2 Å². The standard InChI is InChI=1S/C19H23BrN2O2/c1-19(2,3)14-8-4-6-10-16(14)22-18(23)21-12-13-24-17-11-7-5-9-15(17)20/h4-11H,12-13H2,1-3H3,(H2,21,22,23). The van der Waals surface area contributed by atoms with E-state index in [1.54, 1.807) is 0 Å². The van der Waals surface area contributed by atoms with Crippen LogP contribution in [0.3, 0.4) is 0 Å². The number of para-hydroxylation sites is 2. The molecule has 4 nitrogen and oxygen atoms in total. The highest BCUT2D eigenvalue weighted by molar-refractivity contribution is 9.10. The van der Waals surface area contributed by atoms with Gasteiger partial charge in [-0.3, -0.25) is 0 Å². The molecule has 0 heterocycles. The number of rotatable bonds is 5. The molecule has 2 amide bonds. The topological polar surface area (TPSA) is 50.4 Å². The summed E-state index contributed by atoms with van der Waals surface area (Å²) in [7, 11) is 0. The van der Waals surface area contributed by atoms with Gasteiger partial charge in [0.25, 0.3) is 0 Å².